The van der Waals surface area contributed by atoms with Crippen molar-refractivity contribution >= 4 is 17.5 Å². The van der Waals surface area contributed by atoms with Gasteiger partial charge in [-0.3, -0.25) is 5.32 Å². The lowest BCUT2D eigenvalue weighted by molar-refractivity contribution is -0.137. The molecule has 2 N–H and O–H groups in total. The average Bonchev–Trinajstić information content (AvgIpc) is 2.86. The number of rotatable bonds is 3. The molecule has 0 aliphatic carbocycles. The number of halogens is 3. The van der Waals surface area contributed by atoms with Crippen molar-refractivity contribution in [3.05, 3.63) is 34.7 Å². The fourth-order valence-corrected chi connectivity index (χ4v) is 2.48. The molecular weight excluding hydrogens is 277 g/mol. The van der Waals surface area contributed by atoms with Crippen LogP contribution >= 0.6 is 11.8 Å². The number of methoxy groups -OCH3 is 1. The van der Waals surface area contributed by atoms with Crippen molar-refractivity contribution in [1.29, 1.82) is 0 Å². The summed E-state index contributed by atoms with van der Waals surface area (Å²) in [4.78, 5) is 0. The second-order valence-corrected chi connectivity index (χ2v) is 4.91. The molecule has 1 aromatic carbocycles. The van der Waals surface area contributed by atoms with Crippen molar-refractivity contribution in [2.24, 2.45) is 0 Å². The zero-order valence-electron chi connectivity index (χ0n) is 10.3. The molecule has 1 atom stereocenters. The Morgan fingerprint density at radius 3 is 2.58 bits per heavy atom. The van der Waals surface area contributed by atoms with Gasteiger partial charge in [-0.05, 0) is 30.7 Å². The summed E-state index contributed by atoms with van der Waals surface area (Å²) >= 11 is 1.47. The molecule has 0 bridgehead atoms. The van der Waals surface area contributed by atoms with Gasteiger partial charge in [0, 0.05) is 11.3 Å². The topological polar surface area (TPSA) is 33.3 Å². The van der Waals surface area contributed by atoms with Crippen LogP contribution in [0.4, 0.5) is 13.2 Å². The van der Waals surface area contributed by atoms with Crippen molar-refractivity contribution in [2.45, 2.75) is 11.7 Å². The van der Waals surface area contributed by atoms with E-state index in [-0.39, 0.29) is 11.2 Å². The lowest BCUT2D eigenvalue weighted by Crippen LogP contribution is -2.32. The third-order valence-electron chi connectivity index (χ3n) is 2.65. The van der Waals surface area contributed by atoms with Gasteiger partial charge in [0.05, 0.1) is 12.7 Å². The van der Waals surface area contributed by atoms with Gasteiger partial charge < -0.3 is 10.1 Å². The van der Waals surface area contributed by atoms with Crippen LogP contribution in [0.25, 0.3) is 5.70 Å². The van der Waals surface area contributed by atoms with Gasteiger partial charge in [0.25, 0.3) is 0 Å². The molecule has 3 nitrogen and oxygen atoms in total. The molecule has 7 heteroatoms. The smallest absolute Gasteiger partial charge is 0.416 e. The highest BCUT2D eigenvalue weighted by molar-refractivity contribution is 8.03. The predicted molar refractivity (Wildman–Crippen MR) is 69.5 cm³/mol. The quantitative estimate of drug-likeness (QED) is 0.897. The normalized spacial score (nSPS) is 19.0. The summed E-state index contributed by atoms with van der Waals surface area (Å²) in [5, 5.41) is 7.85. The van der Waals surface area contributed by atoms with E-state index in [2.05, 4.69) is 10.6 Å². The lowest BCUT2D eigenvalue weighted by Gasteiger charge is -2.14. The van der Waals surface area contributed by atoms with Gasteiger partial charge >= 0.3 is 6.18 Å². The molecule has 1 unspecified atom stereocenters. The summed E-state index contributed by atoms with van der Waals surface area (Å²) in [5.74, 6) is 0.186. The zero-order valence-corrected chi connectivity index (χ0v) is 11.2. The summed E-state index contributed by atoms with van der Waals surface area (Å²) in [5.41, 5.74) is 0.351. The van der Waals surface area contributed by atoms with Gasteiger partial charge in [-0.15, -0.1) is 0 Å². The van der Waals surface area contributed by atoms with E-state index in [1.54, 1.807) is 18.5 Å². The van der Waals surface area contributed by atoms with E-state index in [0.29, 0.717) is 11.3 Å². The summed E-state index contributed by atoms with van der Waals surface area (Å²) in [7, 11) is 3.12. The van der Waals surface area contributed by atoms with Gasteiger partial charge in [-0.25, -0.2) is 0 Å². The number of alkyl halides is 3. The van der Waals surface area contributed by atoms with Crippen LogP contribution in [0.5, 0.6) is 5.75 Å². The van der Waals surface area contributed by atoms with E-state index in [1.165, 1.54) is 18.9 Å². The fraction of sp³-hybridized carbons (Fsp3) is 0.333. The maximum atomic E-state index is 12.8. The highest BCUT2D eigenvalue weighted by Gasteiger charge is 2.32. The minimum Gasteiger partial charge on any atom is -0.497 e. The Bertz CT molecular complexity index is 502. The number of hydrogen-bond acceptors (Lipinski definition) is 4. The third-order valence-corrected chi connectivity index (χ3v) is 3.65. The molecule has 0 amide bonds. The largest absolute Gasteiger partial charge is 0.497 e. The molecule has 0 spiro atoms. The summed E-state index contributed by atoms with van der Waals surface area (Å²) in [6.45, 7) is 0. The zero-order chi connectivity index (χ0) is 14.0. The van der Waals surface area contributed by atoms with Crippen molar-refractivity contribution in [3.8, 4) is 5.75 Å². The predicted octanol–water partition coefficient (Wildman–Crippen LogP) is 2.85. The summed E-state index contributed by atoms with van der Waals surface area (Å²) < 4.78 is 43.3. The molecule has 104 valence electrons. The summed E-state index contributed by atoms with van der Waals surface area (Å²) in [6.07, 6.45) is -4.39. The van der Waals surface area contributed by atoms with Crippen molar-refractivity contribution < 1.29 is 17.9 Å². The van der Waals surface area contributed by atoms with E-state index < -0.39 is 11.7 Å². The maximum Gasteiger partial charge on any atom is 0.416 e. The molecule has 19 heavy (non-hydrogen) atoms. The minimum absolute atomic E-state index is 0.0319. The van der Waals surface area contributed by atoms with Gasteiger partial charge in [0.1, 0.15) is 11.2 Å². The van der Waals surface area contributed by atoms with Crippen molar-refractivity contribution in [1.82, 2.24) is 10.6 Å². The molecule has 0 fully saturated rings. The molecule has 1 aromatic rings. The van der Waals surface area contributed by atoms with E-state index in [4.69, 9.17) is 4.74 Å². The Morgan fingerprint density at radius 1 is 1.32 bits per heavy atom. The first-order chi connectivity index (χ1) is 8.94. The Hall–Kier alpha value is -1.34. The van der Waals surface area contributed by atoms with Crippen LogP contribution in [0, 0.1) is 0 Å². The summed E-state index contributed by atoms with van der Waals surface area (Å²) in [6, 6.07) is 3.67. The van der Waals surface area contributed by atoms with Gasteiger partial charge in [-0.1, -0.05) is 11.8 Å². The second kappa shape index (κ2) is 5.34. The fourth-order valence-electron chi connectivity index (χ4n) is 1.67. The average molecular weight is 290 g/mol. The molecule has 2 rings (SSSR count). The first kappa shape index (κ1) is 14.1. The highest BCUT2D eigenvalue weighted by Crippen LogP contribution is 2.35. The molecule has 1 aliphatic rings. The number of ether oxygens (including phenoxy) is 1. The van der Waals surface area contributed by atoms with E-state index in [9.17, 15) is 13.2 Å². The van der Waals surface area contributed by atoms with Gasteiger partial charge in [0.2, 0.25) is 0 Å². The van der Waals surface area contributed by atoms with E-state index in [0.717, 1.165) is 12.1 Å². The first-order valence-corrected chi connectivity index (χ1v) is 6.44. The molecule has 0 radical (unpaired) electrons. The second-order valence-electron chi connectivity index (χ2n) is 3.93. The van der Waals surface area contributed by atoms with Gasteiger partial charge in [-0.2, -0.15) is 13.2 Å². The Morgan fingerprint density at radius 2 is 2.05 bits per heavy atom. The Kier molecular flexibility index (Phi) is 3.96. The van der Waals surface area contributed by atoms with Crippen molar-refractivity contribution in [3.63, 3.8) is 0 Å². The monoisotopic (exact) mass is 290 g/mol. The third kappa shape index (κ3) is 3.16. The molecule has 1 aliphatic heterocycles. The number of thioether (sulfide) groups is 1. The minimum atomic E-state index is -4.39. The van der Waals surface area contributed by atoms with Crippen LogP contribution < -0.4 is 15.4 Å². The highest BCUT2D eigenvalue weighted by atomic mass is 32.2. The number of benzene rings is 1. The maximum absolute atomic E-state index is 12.8. The lowest BCUT2D eigenvalue weighted by atomic mass is 10.1. The van der Waals surface area contributed by atoms with Crippen LogP contribution in [0.3, 0.4) is 0 Å². The SMILES string of the molecule is CNC1NC(c2cc(OC)cc(C(F)(F)F)c2)=CS1. The molecular formula is C12H13F3N2OS. The van der Waals surface area contributed by atoms with E-state index >= 15 is 0 Å². The number of nitrogens with one attached hydrogen (secondary N) is 2. The Labute approximate surface area is 113 Å². The van der Waals surface area contributed by atoms with E-state index in [1.807, 2.05) is 0 Å². The molecule has 0 aromatic heterocycles. The van der Waals surface area contributed by atoms with Crippen LogP contribution in [-0.2, 0) is 6.18 Å². The number of hydrogen-bond donors (Lipinski definition) is 2. The first-order valence-electron chi connectivity index (χ1n) is 5.50. The van der Waals surface area contributed by atoms with Crippen LogP contribution in [0.15, 0.2) is 23.6 Å². The molecule has 1 heterocycles. The molecule has 0 saturated heterocycles. The molecule has 0 saturated carbocycles. The Balaban J connectivity index is 2.36. The van der Waals surface area contributed by atoms with Crippen LogP contribution in [0.2, 0.25) is 0 Å². The van der Waals surface area contributed by atoms with Crippen molar-refractivity contribution in [2.75, 3.05) is 14.2 Å². The van der Waals surface area contributed by atoms with Crippen LogP contribution in [0.1, 0.15) is 11.1 Å². The van der Waals surface area contributed by atoms with Crippen LogP contribution in [-0.4, -0.2) is 19.7 Å². The standard InChI is InChI=1S/C12H13F3N2OS/c1-16-11-17-10(6-19-11)7-3-8(12(13,14)15)5-9(4-7)18-2/h3-6,11,16-17H,1-2H3. The van der Waals surface area contributed by atoms with Gasteiger partial charge in [0.15, 0.2) is 0 Å².